The van der Waals surface area contributed by atoms with Gasteiger partial charge in [-0.25, -0.2) is 14.8 Å². The van der Waals surface area contributed by atoms with Crippen LogP contribution in [0.2, 0.25) is 0 Å². The lowest BCUT2D eigenvalue weighted by Gasteiger charge is -2.11. The van der Waals surface area contributed by atoms with Crippen molar-refractivity contribution >= 4 is 29.0 Å². The van der Waals surface area contributed by atoms with Gasteiger partial charge in [-0.1, -0.05) is 6.07 Å². The lowest BCUT2D eigenvalue weighted by atomic mass is 10.2. The molecule has 0 amide bonds. The summed E-state index contributed by atoms with van der Waals surface area (Å²) in [6, 6.07) is 18.0. The normalized spacial score (nSPS) is 10.0. The molecule has 1 aromatic heterocycles. The molecule has 7 nitrogen and oxygen atoms in total. The van der Waals surface area contributed by atoms with Crippen molar-refractivity contribution in [2.24, 2.45) is 0 Å². The highest BCUT2D eigenvalue weighted by Crippen LogP contribution is 2.21. The van der Waals surface area contributed by atoms with Crippen LogP contribution in [0.25, 0.3) is 0 Å². The Labute approximate surface area is 163 Å². The molecule has 3 rings (SSSR count). The lowest BCUT2D eigenvalue weighted by molar-refractivity contribution is 0.0526. The monoisotopic (exact) mass is 373 g/mol. The molecule has 0 fully saturated rings. The number of aryl methyl sites for hydroxylation is 1. The summed E-state index contributed by atoms with van der Waals surface area (Å²) < 4.78 is 4.98. The molecule has 2 N–H and O–H groups in total. The molecule has 0 unspecified atom stereocenters. The summed E-state index contributed by atoms with van der Waals surface area (Å²) in [5.74, 6) is 1.45. The van der Waals surface area contributed by atoms with E-state index in [1.165, 1.54) is 0 Å². The SMILES string of the molecule is CCOC(=O)c1ccc(Nc2cc(Nc3cccc(C#N)c3)nc(C)n2)cc1. The summed E-state index contributed by atoms with van der Waals surface area (Å²) in [6.07, 6.45) is 0. The molecule has 1 heterocycles. The molecule has 0 radical (unpaired) electrons. The maximum atomic E-state index is 11.7. The van der Waals surface area contributed by atoms with Crippen molar-refractivity contribution in [3.8, 4) is 6.07 Å². The largest absolute Gasteiger partial charge is 0.462 e. The molecule has 0 spiro atoms. The highest BCUT2D eigenvalue weighted by molar-refractivity contribution is 5.89. The number of ether oxygens (including phenoxy) is 1. The first-order chi connectivity index (χ1) is 13.6. The third kappa shape index (κ3) is 4.83. The maximum Gasteiger partial charge on any atom is 0.338 e. The second-order valence-corrected chi connectivity index (χ2v) is 5.93. The number of rotatable bonds is 6. The molecule has 0 aliphatic rings. The van der Waals surface area contributed by atoms with Crippen molar-refractivity contribution in [1.82, 2.24) is 9.97 Å². The van der Waals surface area contributed by atoms with E-state index >= 15 is 0 Å². The summed E-state index contributed by atoms with van der Waals surface area (Å²) in [5.41, 5.74) is 2.60. The molecule has 28 heavy (non-hydrogen) atoms. The van der Waals surface area contributed by atoms with Crippen LogP contribution in [0, 0.1) is 18.3 Å². The summed E-state index contributed by atoms with van der Waals surface area (Å²) >= 11 is 0. The van der Waals surface area contributed by atoms with E-state index in [0.29, 0.717) is 35.2 Å². The number of anilines is 4. The van der Waals surface area contributed by atoms with Crippen LogP contribution >= 0.6 is 0 Å². The fraction of sp³-hybridized carbons (Fsp3) is 0.143. The number of carbonyl (C=O) groups is 1. The first-order valence-electron chi connectivity index (χ1n) is 8.74. The number of nitrogens with one attached hydrogen (secondary N) is 2. The molecule has 3 aromatic rings. The molecule has 140 valence electrons. The Morgan fingerprint density at radius 3 is 2.36 bits per heavy atom. The molecular weight excluding hydrogens is 354 g/mol. The van der Waals surface area contributed by atoms with Crippen molar-refractivity contribution in [3.05, 3.63) is 71.5 Å². The first-order valence-corrected chi connectivity index (χ1v) is 8.74. The summed E-state index contributed by atoms with van der Waals surface area (Å²) in [7, 11) is 0. The van der Waals surface area contributed by atoms with Gasteiger partial charge in [-0.3, -0.25) is 0 Å². The molecule has 7 heteroatoms. The number of nitrogens with zero attached hydrogens (tertiary/aromatic N) is 3. The lowest BCUT2D eigenvalue weighted by Crippen LogP contribution is -2.05. The van der Waals surface area contributed by atoms with Gasteiger partial charge < -0.3 is 15.4 Å². The van der Waals surface area contributed by atoms with E-state index in [4.69, 9.17) is 10.00 Å². The molecule has 0 bridgehead atoms. The van der Waals surface area contributed by atoms with Crippen molar-refractivity contribution in [3.63, 3.8) is 0 Å². The highest BCUT2D eigenvalue weighted by Gasteiger charge is 2.07. The Balaban J connectivity index is 1.76. The first kappa shape index (κ1) is 18.9. The number of hydrogen-bond donors (Lipinski definition) is 2. The van der Waals surface area contributed by atoms with Gasteiger partial charge in [0.05, 0.1) is 23.8 Å². The topological polar surface area (TPSA) is 99.9 Å². The van der Waals surface area contributed by atoms with Gasteiger partial charge in [0.1, 0.15) is 17.5 Å². The fourth-order valence-electron chi connectivity index (χ4n) is 2.56. The fourth-order valence-corrected chi connectivity index (χ4v) is 2.56. The zero-order chi connectivity index (χ0) is 19.9. The number of hydrogen-bond acceptors (Lipinski definition) is 7. The number of nitriles is 1. The van der Waals surface area contributed by atoms with Crippen LogP contribution in [0.15, 0.2) is 54.6 Å². The van der Waals surface area contributed by atoms with Gasteiger partial charge in [0.15, 0.2) is 0 Å². The van der Waals surface area contributed by atoms with Crippen LogP contribution in [-0.4, -0.2) is 22.5 Å². The van der Waals surface area contributed by atoms with Gasteiger partial charge in [-0.15, -0.1) is 0 Å². The molecular formula is C21H19N5O2. The summed E-state index contributed by atoms with van der Waals surface area (Å²) in [4.78, 5) is 20.5. The molecule has 0 aliphatic carbocycles. The average molecular weight is 373 g/mol. The molecule has 0 atom stereocenters. The zero-order valence-corrected chi connectivity index (χ0v) is 15.6. The predicted molar refractivity (Wildman–Crippen MR) is 107 cm³/mol. The Kier molecular flexibility index (Phi) is 5.82. The van der Waals surface area contributed by atoms with Crippen molar-refractivity contribution in [2.75, 3.05) is 17.2 Å². The van der Waals surface area contributed by atoms with Crippen molar-refractivity contribution in [2.45, 2.75) is 13.8 Å². The molecule has 0 aliphatic heterocycles. The second kappa shape index (κ2) is 8.64. The smallest absolute Gasteiger partial charge is 0.338 e. The van der Waals surface area contributed by atoms with Gasteiger partial charge in [0.25, 0.3) is 0 Å². The maximum absolute atomic E-state index is 11.7. The van der Waals surface area contributed by atoms with Crippen LogP contribution in [-0.2, 0) is 4.74 Å². The minimum Gasteiger partial charge on any atom is -0.462 e. The van der Waals surface area contributed by atoms with E-state index in [-0.39, 0.29) is 5.97 Å². The van der Waals surface area contributed by atoms with E-state index in [1.807, 2.05) is 6.07 Å². The molecule has 0 saturated carbocycles. The van der Waals surface area contributed by atoms with Crippen LogP contribution in [0.5, 0.6) is 0 Å². The van der Waals surface area contributed by atoms with Crippen LogP contribution in [0.3, 0.4) is 0 Å². The van der Waals surface area contributed by atoms with Crippen LogP contribution in [0.1, 0.15) is 28.7 Å². The van der Waals surface area contributed by atoms with E-state index < -0.39 is 0 Å². The number of esters is 1. The van der Waals surface area contributed by atoms with Gasteiger partial charge in [-0.05, 0) is 56.3 Å². The van der Waals surface area contributed by atoms with Crippen LogP contribution in [0.4, 0.5) is 23.0 Å². The van der Waals surface area contributed by atoms with E-state index in [9.17, 15) is 4.79 Å². The average Bonchev–Trinajstić information content (AvgIpc) is 2.68. The Morgan fingerprint density at radius 1 is 1.04 bits per heavy atom. The second-order valence-electron chi connectivity index (χ2n) is 5.93. The van der Waals surface area contributed by atoms with Gasteiger partial charge in [0, 0.05) is 17.4 Å². The highest BCUT2D eigenvalue weighted by atomic mass is 16.5. The third-order valence-corrected chi connectivity index (χ3v) is 3.77. The van der Waals surface area contributed by atoms with Crippen molar-refractivity contribution in [1.29, 1.82) is 5.26 Å². The van der Waals surface area contributed by atoms with E-state index in [2.05, 4.69) is 26.7 Å². The minimum atomic E-state index is -0.349. The Hall–Kier alpha value is -3.92. The quantitative estimate of drug-likeness (QED) is 0.621. The van der Waals surface area contributed by atoms with Gasteiger partial charge >= 0.3 is 5.97 Å². The van der Waals surface area contributed by atoms with Gasteiger partial charge in [-0.2, -0.15) is 5.26 Å². The van der Waals surface area contributed by atoms with Crippen LogP contribution < -0.4 is 10.6 Å². The molecule has 2 aromatic carbocycles. The van der Waals surface area contributed by atoms with E-state index in [0.717, 1.165) is 11.4 Å². The summed E-state index contributed by atoms with van der Waals surface area (Å²) in [6.45, 7) is 3.91. The third-order valence-electron chi connectivity index (χ3n) is 3.77. The van der Waals surface area contributed by atoms with Crippen molar-refractivity contribution < 1.29 is 9.53 Å². The summed E-state index contributed by atoms with van der Waals surface area (Å²) in [5, 5.41) is 15.4. The van der Waals surface area contributed by atoms with Gasteiger partial charge in [0.2, 0.25) is 0 Å². The van der Waals surface area contributed by atoms with E-state index in [1.54, 1.807) is 62.4 Å². The number of carbonyl (C=O) groups excluding carboxylic acids is 1. The Morgan fingerprint density at radius 2 is 1.71 bits per heavy atom. The zero-order valence-electron chi connectivity index (χ0n) is 15.6. The molecule has 0 saturated heterocycles. The minimum absolute atomic E-state index is 0.339. The predicted octanol–water partition coefficient (Wildman–Crippen LogP) is 4.32. The Bertz CT molecular complexity index is 1030. The number of aromatic nitrogens is 2. The standard InChI is InChI=1S/C21H19N5O2/c1-3-28-21(27)16-7-9-17(10-8-16)25-19-12-20(24-14(2)23-19)26-18-6-4-5-15(11-18)13-22/h4-12H,3H2,1-2H3,(H2,23,24,25,26). The number of benzene rings is 2.